The fourth-order valence-corrected chi connectivity index (χ4v) is 3.92. The van der Waals surface area contributed by atoms with Crippen LogP contribution in [0.3, 0.4) is 0 Å². The van der Waals surface area contributed by atoms with Gasteiger partial charge in [-0.05, 0) is 12.1 Å². The average molecular weight is 404 g/mol. The molecule has 0 saturated carbocycles. The molecule has 0 radical (unpaired) electrons. The predicted octanol–water partition coefficient (Wildman–Crippen LogP) is 0.797. The van der Waals surface area contributed by atoms with Crippen molar-refractivity contribution in [2.75, 3.05) is 56.2 Å². The van der Waals surface area contributed by atoms with Crippen LogP contribution in [0.15, 0.2) is 18.2 Å². The van der Waals surface area contributed by atoms with Crippen LogP contribution in [0.4, 0.5) is 21.0 Å². The number of hydrogen-bond donors (Lipinski definition) is 1. The van der Waals surface area contributed by atoms with Crippen LogP contribution in [0, 0.1) is 0 Å². The van der Waals surface area contributed by atoms with E-state index in [1.807, 2.05) is 18.2 Å². The first-order valence-electron chi connectivity index (χ1n) is 9.55. The molecule has 1 unspecified atom stereocenters. The number of fused-ring (bicyclic) bond motifs is 3. The summed E-state index contributed by atoms with van der Waals surface area (Å²) in [6.07, 6.45) is -1.16. The standard InChI is InChI=1S/C19H24N4O6/c1-12(24)20-8-15-10-23(19(26)29-15)13-3-4-16-17(7-13)28-11-14-9-21(18(25)27-2)5-6-22(14)16/h3-4,7,14-15H,5-6,8-11H2,1-2H3,(H,20,24)/t14-,15?/m0/s1. The number of carbonyl (C=O) groups is 3. The van der Waals surface area contributed by atoms with E-state index >= 15 is 0 Å². The third kappa shape index (κ3) is 3.74. The van der Waals surface area contributed by atoms with E-state index in [1.165, 1.54) is 18.9 Å². The number of nitrogens with one attached hydrogen (secondary N) is 1. The zero-order valence-corrected chi connectivity index (χ0v) is 16.4. The number of hydrogen-bond acceptors (Lipinski definition) is 7. The fourth-order valence-electron chi connectivity index (χ4n) is 3.92. The largest absolute Gasteiger partial charge is 0.489 e. The predicted molar refractivity (Wildman–Crippen MR) is 103 cm³/mol. The maximum atomic E-state index is 12.2. The van der Waals surface area contributed by atoms with Gasteiger partial charge < -0.3 is 29.3 Å². The number of carbonyl (C=O) groups excluding carboxylic acids is 3. The number of anilines is 2. The zero-order chi connectivity index (χ0) is 20.5. The number of rotatable bonds is 3. The molecular weight excluding hydrogens is 380 g/mol. The summed E-state index contributed by atoms with van der Waals surface area (Å²) in [4.78, 5) is 40.6. The van der Waals surface area contributed by atoms with Gasteiger partial charge in [-0.2, -0.15) is 0 Å². The van der Waals surface area contributed by atoms with Gasteiger partial charge in [-0.15, -0.1) is 0 Å². The summed E-state index contributed by atoms with van der Waals surface area (Å²) in [6.45, 7) is 4.31. The quantitative estimate of drug-likeness (QED) is 0.795. The topological polar surface area (TPSA) is 101 Å². The van der Waals surface area contributed by atoms with Gasteiger partial charge in [0.1, 0.15) is 18.5 Å². The Bertz CT molecular complexity index is 831. The minimum absolute atomic E-state index is 0.0555. The van der Waals surface area contributed by atoms with Crippen molar-refractivity contribution < 1.29 is 28.6 Å². The molecule has 3 aliphatic rings. The number of amides is 3. The molecule has 0 bridgehead atoms. The Morgan fingerprint density at radius 3 is 2.86 bits per heavy atom. The van der Waals surface area contributed by atoms with E-state index in [9.17, 15) is 14.4 Å². The summed E-state index contributed by atoms with van der Waals surface area (Å²) < 4.78 is 16.1. The molecule has 10 heteroatoms. The second kappa shape index (κ2) is 7.69. The van der Waals surface area contributed by atoms with Gasteiger partial charge >= 0.3 is 12.2 Å². The maximum absolute atomic E-state index is 12.2. The van der Waals surface area contributed by atoms with Crippen LogP contribution in [0.5, 0.6) is 5.75 Å². The van der Waals surface area contributed by atoms with Crippen LogP contribution in [-0.2, 0) is 14.3 Å². The highest BCUT2D eigenvalue weighted by molar-refractivity contribution is 5.90. The van der Waals surface area contributed by atoms with Crippen molar-refractivity contribution >= 4 is 29.5 Å². The first kappa shape index (κ1) is 19.2. The lowest BCUT2D eigenvalue weighted by Gasteiger charge is -2.45. The van der Waals surface area contributed by atoms with E-state index in [0.717, 1.165) is 5.69 Å². The highest BCUT2D eigenvalue weighted by Crippen LogP contribution is 2.39. The highest BCUT2D eigenvalue weighted by atomic mass is 16.6. The monoisotopic (exact) mass is 404 g/mol. The van der Waals surface area contributed by atoms with Crippen LogP contribution in [0.1, 0.15) is 6.92 Å². The van der Waals surface area contributed by atoms with Crippen LogP contribution >= 0.6 is 0 Å². The van der Waals surface area contributed by atoms with Crippen molar-refractivity contribution in [1.82, 2.24) is 10.2 Å². The van der Waals surface area contributed by atoms with Gasteiger partial charge in [0.05, 0.1) is 37.6 Å². The van der Waals surface area contributed by atoms with E-state index in [4.69, 9.17) is 14.2 Å². The summed E-state index contributed by atoms with van der Waals surface area (Å²) in [5, 5.41) is 2.67. The molecule has 3 aliphatic heterocycles. The molecule has 1 N–H and O–H groups in total. The van der Waals surface area contributed by atoms with Crippen molar-refractivity contribution in [2.45, 2.75) is 19.1 Å². The Morgan fingerprint density at radius 1 is 1.28 bits per heavy atom. The number of ether oxygens (including phenoxy) is 3. The van der Waals surface area contributed by atoms with Crippen molar-refractivity contribution in [1.29, 1.82) is 0 Å². The molecule has 3 amide bonds. The number of piperazine rings is 1. The zero-order valence-electron chi connectivity index (χ0n) is 16.4. The Labute approximate surface area is 168 Å². The number of methoxy groups -OCH3 is 1. The molecule has 3 heterocycles. The van der Waals surface area contributed by atoms with E-state index < -0.39 is 6.09 Å². The fraction of sp³-hybridized carbons (Fsp3) is 0.526. The van der Waals surface area contributed by atoms with Crippen LogP contribution in [-0.4, -0.2) is 81.6 Å². The van der Waals surface area contributed by atoms with Gasteiger partial charge in [-0.25, -0.2) is 9.59 Å². The molecule has 0 spiro atoms. The van der Waals surface area contributed by atoms with Gasteiger partial charge in [0.25, 0.3) is 0 Å². The molecule has 4 rings (SSSR count). The Morgan fingerprint density at radius 2 is 2.10 bits per heavy atom. The molecule has 0 aliphatic carbocycles. The first-order valence-corrected chi connectivity index (χ1v) is 9.55. The second-order valence-corrected chi connectivity index (χ2v) is 7.28. The first-order chi connectivity index (χ1) is 14.0. The minimum atomic E-state index is -0.444. The van der Waals surface area contributed by atoms with Crippen molar-refractivity contribution in [3.8, 4) is 5.75 Å². The van der Waals surface area contributed by atoms with Gasteiger partial charge in [0.15, 0.2) is 0 Å². The van der Waals surface area contributed by atoms with Crippen LogP contribution < -0.4 is 19.9 Å². The molecule has 29 heavy (non-hydrogen) atoms. The van der Waals surface area contributed by atoms with Crippen molar-refractivity contribution in [3.63, 3.8) is 0 Å². The molecule has 2 fully saturated rings. The van der Waals surface area contributed by atoms with Gasteiger partial charge in [-0.3, -0.25) is 9.69 Å². The molecular formula is C19H24N4O6. The summed E-state index contributed by atoms with van der Waals surface area (Å²) in [6, 6.07) is 5.68. The summed E-state index contributed by atoms with van der Waals surface area (Å²) >= 11 is 0. The number of cyclic esters (lactones) is 1. The van der Waals surface area contributed by atoms with Crippen molar-refractivity contribution in [3.05, 3.63) is 18.2 Å². The van der Waals surface area contributed by atoms with E-state index in [-0.39, 0.29) is 30.7 Å². The summed E-state index contributed by atoms with van der Waals surface area (Å²) in [5.41, 5.74) is 1.63. The molecule has 2 atom stereocenters. The van der Waals surface area contributed by atoms with Crippen LogP contribution in [0.2, 0.25) is 0 Å². The Balaban J connectivity index is 1.46. The van der Waals surface area contributed by atoms with Gasteiger partial charge in [0, 0.05) is 32.6 Å². The molecule has 2 saturated heterocycles. The van der Waals surface area contributed by atoms with Gasteiger partial charge in [-0.1, -0.05) is 0 Å². The van der Waals surface area contributed by atoms with Crippen LogP contribution in [0.25, 0.3) is 0 Å². The smallest absolute Gasteiger partial charge is 0.414 e. The lowest BCUT2D eigenvalue weighted by Crippen LogP contribution is -2.58. The summed E-state index contributed by atoms with van der Waals surface area (Å²) in [5.74, 6) is 0.534. The van der Waals surface area contributed by atoms with Crippen molar-refractivity contribution in [2.24, 2.45) is 0 Å². The molecule has 1 aromatic rings. The van der Waals surface area contributed by atoms with E-state index in [0.29, 0.717) is 44.2 Å². The van der Waals surface area contributed by atoms with Gasteiger partial charge in [0.2, 0.25) is 5.91 Å². The normalized spacial score (nSPS) is 23.0. The average Bonchev–Trinajstić information content (AvgIpc) is 3.11. The van der Waals surface area contributed by atoms with E-state index in [1.54, 1.807) is 4.90 Å². The molecule has 0 aromatic heterocycles. The minimum Gasteiger partial charge on any atom is -0.489 e. The third-order valence-electron chi connectivity index (χ3n) is 5.36. The van der Waals surface area contributed by atoms with E-state index in [2.05, 4.69) is 10.2 Å². The summed E-state index contributed by atoms with van der Waals surface area (Å²) in [7, 11) is 1.38. The number of nitrogens with zero attached hydrogens (tertiary/aromatic N) is 3. The maximum Gasteiger partial charge on any atom is 0.414 e. The lowest BCUT2D eigenvalue weighted by atomic mass is 10.1. The molecule has 1 aromatic carbocycles. The lowest BCUT2D eigenvalue weighted by molar-refractivity contribution is -0.119. The SMILES string of the molecule is COC(=O)N1CCN2c3ccc(N4CC(CNC(C)=O)OC4=O)cc3OC[C@@H]2C1. The third-order valence-corrected chi connectivity index (χ3v) is 5.36. The molecule has 156 valence electrons. The second-order valence-electron chi connectivity index (χ2n) is 7.28. The Hall–Kier alpha value is -3.17. The molecule has 10 nitrogen and oxygen atoms in total. The number of benzene rings is 1. The highest BCUT2D eigenvalue weighted by Gasteiger charge is 2.37. The Kier molecular flexibility index (Phi) is 5.08.